The summed E-state index contributed by atoms with van der Waals surface area (Å²) < 4.78 is 10.3. The maximum atomic E-state index is 12.5. The van der Waals surface area contributed by atoms with E-state index in [1.807, 2.05) is 0 Å². The zero-order chi connectivity index (χ0) is 20.1. The molecule has 3 rings (SSSR count). The fourth-order valence-electron chi connectivity index (χ4n) is 3.52. The Kier molecular flexibility index (Phi) is 6.13. The minimum atomic E-state index is -0.665. The van der Waals surface area contributed by atoms with Crippen LogP contribution in [0.1, 0.15) is 41.2 Å². The Hall–Kier alpha value is -3.09. The summed E-state index contributed by atoms with van der Waals surface area (Å²) in [5.74, 6) is -0.350. The predicted molar refractivity (Wildman–Crippen MR) is 103 cm³/mol. The van der Waals surface area contributed by atoms with E-state index in [-0.39, 0.29) is 23.8 Å². The first kappa shape index (κ1) is 19.7. The lowest BCUT2D eigenvalue weighted by atomic mass is 9.92. The predicted octanol–water partition coefficient (Wildman–Crippen LogP) is 3.19. The lowest BCUT2D eigenvalue weighted by Crippen LogP contribution is -2.44. The molecule has 0 aliphatic carbocycles. The number of ether oxygens (including phenoxy) is 1. The number of hydrogen-bond acceptors (Lipinski definition) is 5. The molecule has 7 nitrogen and oxygen atoms in total. The number of hydrogen-bond donors (Lipinski definition) is 1. The minimum Gasteiger partial charge on any atom is -0.459 e. The molecule has 0 bridgehead atoms. The Morgan fingerprint density at radius 1 is 1.11 bits per heavy atom. The number of nitrogens with one attached hydrogen (secondary N) is 1. The van der Waals surface area contributed by atoms with Crippen LogP contribution in [0.4, 0.5) is 5.69 Å². The van der Waals surface area contributed by atoms with Gasteiger partial charge in [-0.3, -0.25) is 9.59 Å². The van der Waals surface area contributed by atoms with Gasteiger partial charge in [-0.05, 0) is 42.5 Å². The molecule has 0 unspecified atom stereocenters. The molecule has 7 heteroatoms. The van der Waals surface area contributed by atoms with Gasteiger partial charge in [-0.1, -0.05) is 26.0 Å². The summed E-state index contributed by atoms with van der Waals surface area (Å²) in [4.78, 5) is 38.8. The summed E-state index contributed by atoms with van der Waals surface area (Å²) in [5.41, 5.74) is 0.470. The number of likely N-dealkylation sites (tertiary alicyclic amines) is 1. The van der Waals surface area contributed by atoms with E-state index in [1.165, 1.54) is 18.4 Å². The lowest BCUT2D eigenvalue weighted by molar-refractivity contribution is -0.137. The second-order valence-corrected chi connectivity index (χ2v) is 7.30. The monoisotopic (exact) mass is 384 g/mol. The van der Waals surface area contributed by atoms with Gasteiger partial charge in [0.25, 0.3) is 11.8 Å². The zero-order valence-electron chi connectivity index (χ0n) is 16.0. The maximum Gasteiger partial charge on any atom is 0.340 e. The molecule has 0 spiro atoms. The van der Waals surface area contributed by atoms with Crippen molar-refractivity contribution in [3.8, 4) is 0 Å². The molecule has 1 N–H and O–H groups in total. The molecule has 28 heavy (non-hydrogen) atoms. The van der Waals surface area contributed by atoms with Crippen molar-refractivity contribution in [3.05, 3.63) is 54.0 Å². The van der Waals surface area contributed by atoms with Crippen LogP contribution in [0.25, 0.3) is 0 Å². The molecule has 2 atom stereocenters. The van der Waals surface area contributed by atoms with Gasteiger partial charge < -0.3 is 19.4 Å². The number of furan rings is 1. The Morgan fingerprint density at radius 3 is 2.50 bits per heavy atom. The minimum absolute atomic E-state index is 0.131. The van der Waals surface area contributed by atoms with Crippen LogP contribution in [0, 0.1) is 11.8 Å². The van der Waals surface area contributed by atoms with E-state index in [4.69, 9.17) is 9.15 Å². The largest absolute Gasteiger partial charge is 0.459 e. The Labute approximate surface area is 163 Å². The zero-order valence-corrected chi connectivity index (χ0v) is 16.0. The van der Waals surface area contributed by atoms with E-state index < -0.39 is 11.9 Å². The van der Waals surface area contributed by atoms with E-state index in [1.54, 1.807) is 29.2 Å². The Morgan fingerprint density at radius 2 is 1.82 bits per heavy atom. The Balaban J connectivity index is 1.61. The summed E-state index contributed by atoms with van der Waals surface area (Å²) in [7, 11) is 0. The van der Waals surface area contributed by atoms with E-state index >= 15 is 0 Å². The van der Waals surface area contributed by atoms with Crippen LogP contribution in [0.3, 0.4) is 0 Å². The summed E-state index contributed by atoms with van der Waals surface area (Å²) >= 11 is 0. The molecule has 148 valence electrons. The van der Waals surface area contributed by atoms with Crippen molar-refractivity contribution < 1.29 is 23.5 Å². The number of benzene rings is 1. The summed E-state index contributed by atoms with van der Waals surface area (Å²) in [6, 6.07) is 9.60. The number of piperidine rings is 1. The highest BCUT2D eigenvalue weighted by atomic mass is 16.5. The molecule has 2 aromatic rings. The molecule has 1 saturated heterocycles. The van der Waals surface area contributed by atoms with Gasteiger partial charge >= 0.3 is 5.97 Å². The number of amides is 2. The van der Waals surface area contributed by atoms with Crippen LogP contribution in [0.15, 0.2) is 47.1 Å². The third-order valence-corrected chi connectivity index (χ3v) is 4.69. The highest BCUT2D eigenvalue weighted by Crippen LogP contribution is 2.21. The third-order valence-electron chi connectivity index (χ3n) is 4.69. The van der Waals surface area contributed by atoms with E-state index in [2.05, 4.69) is 19.2 Å². The van der Waals surface area contributed by atoms with Crippen LogP contribution in [-0.2, 0) is 9.53 Å². The van der Waals surface area contributed by atoms with Gasteiger partial charge in [-0.15, -0.1) is 0 Å². The SMILES string of the molecule is C[C@@H]1C[C@@H](C)CN(C(=O)COC(=O)c2ccccc2NC(=O)c2ccco2)C1. The molecule has 0 radical (unpaired) electrons. The van der Waals surface area contributed by atoms with Gasteiger partial charge in [0.05, 0.1) is 17.5 Å². The quantitative estimate of drug-likeness (QED) is 0.800. The van der Waals surface area contributed by atoms with Crippen molar-refractivity contribution in [2.24, 2.45) is 11.8 Å². The number of carbonyl (C=O) groups excluding carboxylic acids is 3. The smallest absolute Gasteiger partial charge is 0.340 e. The average molecular weight is 384 g/mol. The molecule has 1 aliphatic heterocycles. The van der Waals surface area contributed by atoms with E-state index in [9.17, 15) is 14.4 Å². The van der Waals surface area contributed by atoms with Crippen molar-refractivity contribution in [1.29, 1.82) is 0 Å². The van der Waals surface area contributed by atoms with Gasteiger partial charge in [-0.25, -0.2) is 4.79 Å². The fourth-order valence-corrected chi connectivity index (χ4v) is 3.52. The molecular weight excluding hydrogens is 360 g/mol. The van der Waals surface area contributed by atoms with Gasteiger partial charge in [0.2, 0.25) is 0 Å². The van der Waals surface area contributed by atoms with Crippen molar-refractivity contribution in [2.75, 3.05) is 25.0 Å². The molecule has 1 fully saturated rings. The molecule has 1 aliphatic rings. The van der Waals surface area contributed by atoms with Crippen molar-refractivity contribution in [1.82, 2.24) is 4.90 Å². The first-order chi connectivity index (χ1) is 13.4. The van der Waals surface area contributed by atoms with Gasteiger partial charge in [0, 0.05) is 13.1 Å². The van der Waals surface area contributed by atoms with Crippen LogP contribution in [0.2, 0.25) is 0 Å². The lowest BCUT2D eigenvalue weighted by Gasteiger charge is -2.34. The second-order valence-electron chi connectivity index (χ2n) is 7.30. The molecule has 1 aromatic heterocycles. The highest BCUT2D eigenvalue weighted by molar-refractivity contribution is 6.06. The summed E-state index contributed by atoms with van der Waals surface area (Å²) in [5, 5.41) is 2.63. The van der Waals surface area contributed by atoms with Crippen molar-refractivity contribution in [3.63, 3.8) is 0 Å². The molecule has 0 saturated carbocycles. The van der Waals surface area contributed by atoms with E-state index in [0.29, 0.717) is 30.6 Å². The van der Waals surface area contributed by atoms with Gasteiger partial charge in [-0.2, -0.15) is 0 Å². The highest BCUT2D eigenvalue weighted by Gasteiger charge is 2.26. The molecule has 1 aromatic carbocycles. The first-order valence-corrected chi connectivity index (χ1v) is 9.32. The molecule has 2 amide bonds. The summed E-state index contributed by atoms with van der Waals surface area (Å²) in [6.45, 7) is 5.26. The molecular formula is C21H24N2O5. The van der Waals surface area contributed by atoms with Crippen molar-refractivity contribution >= 4 is 23.5 Å². The fraction of sp³-hybridized carbons (Fsp3) is 0.381. The van der Waals surface area contributed by atoms with Gasteiger partial charge in [0.15, 0.2) is 12.4 Å². The van der Waals surface area contributed by atoms with Gasteiger partial charge in [0.1, 0.15) is 0 Å². The second kappa shape index (κ2) is 8.73. The first-order valence-electron chi connectivity index (χ1n) is 9.32. The molecule has 2 heterocycles. The standard InChI is InChI=1S/C21H24N2O5/c1-14-10-15(2)12-23(11-14)19(24)13-28-21(26)16-6-3-4-7-17(16)22-20(25)18-8-5-9-27-18/h3-9,14-15H,10-13H2,1-2H3,(H,22,25)/t14-,15-/m1/s1. The number of carbonyl (C=O) groups is 3. The normalized spacial score (nSPS) is 19.1. The van der Waals surface area contributed by atoms with Crippen LogP contribution in [0.5, 0.6) is 0 Å². The maximum absolute atomic E-state index is 12.5. The van der Waals surface area contributed by atoms with E-state index in [0.717, 1.165) is 6.42 Å². The van der Waals surface area contributed by atoms with Crippen LogP contribution in [-0.4, -0.2) is 42.4 Å². The van der Waals surface area contributed by atoms with Crippen LogP contribution >= 0.6 is 0 Å². The third kappa shape index (κ3) is 4.79. The number of esters is 1. The Bertz CT molecular complexity index is 836. The topological polar surface area (TPSA) is 88.9 Å². The number of anilines is 1. The number of nitrogens with zero attached hydrogens (tertiary/aromatic N) is 1. The number of para-hydroxylation sites is 1. The average Bonchev–Trinajstić information content (AvgIpc) is 3.20. The number of rotatable bonds is 5. The summed E-state index contributed by atoms with van der Waals surface area (Å²) in [6.07, 6.45) is 2.48. The van der Waals surface area contributed by atoms with Crippen LogP contribution < -0.4 is 5.32 Å². The van der Waals surface area contributed by atoms with Crippen molar-refractivity contribution in [2.45, 2.75) is 20.3 Å².